The molecule has 19 heavy (non-hydrogen) atoms. The summed E-state index contributed by atoms with van der Waals surface area (Å²) in [5.41, 5.74) is 0.293. The van der Waals surface area contributed by atoms with Gasteiger partial charge in [-0.2, -0.15) is 5.26 Å². The van der Waals surface area contributed by atoms with Gasteiger partial charge in [0.2, 0.25) is 0 Å². The molecule has 1 heterocycles. The van der Waals surface area contributed by atoms with E-state index < -0.39 is 10.0 Å². The van der Waals surface area contributed by atoms with Crippen LogP contribution in [0.2, 0.25) is 5.02 Å². The van der Waals surface area contributed by atoms with Crippen LogP contribution in [0, 0.1) is 11.3 Å². The van der Waals surface area contributed by atoms with Gasteiger partial charge in [0.25, 0.3) is 10.0 Å². The van der Waals surface area contributed by atoms with E-state index in [1.54, 1.807) is 11.4 Å². The van der Waals surface area contributed by atoms with Crippen molar-refractivity contribution in [3.8, 4) is 6.07 Å². The first-order valence-corrected chi connectivity index (χ1v) is 8.43. The molecule has 98 valence electrons. The van der Waals surface area contributed by atoms with Crippen molar-refractivity contribution in [2.45, 2.75) is 4.90 Å². The van der Waals surface area contributed by atoms with Gasteiger partial charge in [-0.05, 0) is 45.6 Å². The fourth-order valence-corrected chi connectivity index (χ4v) is 4.04. The number of thiophene rings is 1. The third-order valence-electron chi connectivity index (χ3n) is 2.21. The van der Waals surface area contributed by atoms with Gasteiger partial charge in [0.1, 0.15) is 11.1 Å². The third kappa shape index (κ3) is 3.09. The van der Waals surface area contributed by atoms with Crippen molar-refractivity contribution in [1.29, 1.82) is 5.26 Å². The summed E-state index contributed by atoms with van der Waals surface area (Å²) >= 11 is 10.1. The number of rotatable bonds is 3. The lowest BCUT2D eigenvalue weighted by Crippen LogP contribution is -2.12. The molecule has 0 atom stereocenters. The first-order chi connectivity index (χ1) is 8.94. The average molecular weight is 378 g/mol. The molecular weight excluding hydrogens is 372 g/mol. The summed E-state index contributed by atoms with van der Waals surface area (Å²) in [6.45, 7) is 0. The van der Waals surface area contributed by atoms with Crippen molar-refractivity contribution in [3.63, 3.8) is 0 Å². The van der Waals surface area contributed by atoms with Crippen LogP contribution in [-0.2, 0) is 10.0 Å². The number of nitrogens with one attached hydrogen (secondary N) is 1. The van der Waals surface area contributed by atoms with Crippen LogP contribution in [0.3, 0.4) is 0 Å². The second kappa shape index (κ2) is 5.51. The maximum Gasteiger partial charge on any atom is 0.262 e. The Morgan fingerprint density at radius 3 is 2.74 bits per heavy atom. The summed E-state index contributed by atoms with van der Waals surface area (Å²) in [6, 6.07) is 7.77. The Labute approximate surface area is 127 Å². The summed E-state index contributed by atoms with van der Waals surface area (Å²) in [4.78, 5) is 0.0704. The Bertz CT molecular complexity index is 765. The van der Waals surface area contributed by atoms with Crippen molar-refractivity contribution >= 4 is 53.9 Å². The largest absolute Gasteiger partial charge is 0.269 e. The molecule has 2 rings (SSSR count). The molecule has 0 bridgehead atoms. The first kappa shape index (κ1) is 14.3. The van der Waals surface area contributed by atoms with Crippen molar-refractivity contribution < 1.29 is 8.42 Å². The van der Waals surface area contributed by atoms with Crippen LogP contribution >= 0.6 is 38.9 Å². The molecule has 0 aliphatic rings. The van der Waals surface area contributed by atoms with E-state index in [1.165, 1.54) is 18.2 Å². The van der Waals surface area contributed by atoms with Gasteiger partial charge >= 0.3 is 0 Å². The molecule has 0 amide bonds. The summed E-state index contributed by atoms with van der Waals surface area (Å²) < 4.78 is 27.2. The van der Waals surface area contributed by atoms with Gasteiger partial charge in [-0.15, -0.1) is 11.3 Å². The zero-order valence-electron chi connectivity index (χ0n) is 9.22. The van der Waals surface area contributed by atoms with E-state index in [2.05, 4.69) is 20.7 Å². The molecule has 2 aromatic rings. The third-order valence-corrected chi connectivity index (χ3v) is 5.73. The highest BCUT2D eigenvalue weighted by atomic mass is 79.9. The Morgan fingerprint density at radius 1 is 1.37 bits per heavy atom. The summed E-state index contributed by atoms with van der Waals surface area (Å²) in [5.74, 6) is 0. The van der Waals surface area contributed by atoms with Crippen molar-refractivity contribution in [2.75, 3.05) is 4.72 Å². The molecule has 0 fully saturated rings. The number of nitriles is 1. The van der Waals surface area contributed by atoms with Crippen molar-refractivity contribution in [3.05, 3.63) is 44.7 Å². The van der Waals surface area contributed by atoms with Crippen LogP contribution in [0.4, 0.5) is 5.00 Å². The average Bonchev–Trinajstić information content (AvgIpc) is 2.79. The van der Waals surface area contributed by atoms with Crippen molar-refractivity contribution in [1.82, 2.24) is 0 Å². The topological polar surface area (TPSA) is 70.0 Å². The molecule has 0 radical (unpaired) electrons. The maximum atomic E-state index is 12.2. The molecule has 1 aromatic carbocycles. The number of hydrogen-bond donors (Lipinski definition) is 1. The van der Waals surface area contributed by atoms with E-state index in [9.17, 15) is 8.42 Å². The number of halogens is 2. The summed E-state index contributed by atoms with van der Waals surface area (Å²) in [7, 11) is -3.73. The minimum atomic E-state index is -3.73. The number of sulfonamides is 1. The van der Waals surface area contributed by atoms with Gasteiger partial charge in [0.05, 0.1) is 15.5 Å². The normalized spacial score (nSPS) is 11.0. The van der Waals surface area contributed by atoms with Gasteiger partial charge < -0.3 is 0 Å². The van der Waals surface area contributed by atoms with Gasteiger partial charge in [-0.1, -0.05) is 11.6 Å². The van der Waals surface area contributed by atoms with E-state index in [0.717, 1.165) is 11.3 Å². The molecule has 0 aliphatic carbocycles. The zero-order chi connectivity index (χ0) is 14.0. The van der Waals surface area contributed by atoms with Gasteiger partial charge in [0, 0.05) is 4.47 Å². The molecular formula is C11H6BrClN2O2S2. The van der Waals surface area contributed by atoms with Crippen LogP contribution in [0.5, 0.6) is 0 Å². The zero-order valence-corrected chi connectivity index (χ0v) is 13.2. The molecule has 1 aromatic heterocycles. The number of nitrogens with zero attached hydrogens (tertiary/aromatic N) is 1. The van der Waals surface area contributed by atoms with E-state index in [4.69, 9.17) is 16.9 Å². The quantitative estimate of drug-likeness (QED) is 0.883. The molecule has 0 unspecified atom stereocenters. The van der Waals surface area contributed by atoms with Crippen LogP contribution < -0.4 is 4.72 Å². The second-order valence-corrected chi connectivity index (χ2v) is 7.32. The Hall–Kier alpha value is -1.07. The molecule has 0 spiro atoms. The van der Waals surface area contributed by atoms with E-state index in [0.29, 0.717) is 20.1 Å². The van der Waals surface area contributed by atoms with Crippen LogP contribution in [0.15, 0.2) is 39.0 Å². The Kier molecular flexibility index (Phi) is 4.16. The SMILES string of the molecule is N#Cc1ccsc1NS(=O)(=O)c1ccc(Cl)c(Br)c1. The number of hydrogen-bond acceptors (Lipinski definition) is 4. The molecule has 0 saturated heterocycles. The van der Waals surface area contributed by atoms with Gasteiger partial charge in [-0.25, -0.2) is 8.42 Å². The maximum absolute atomic E-state index is 12.2. The van der Waals surface area contributed by atoms with Gasteiger partial charge in [-0.3, -0.25) is 4.72 Å². The fraction of sp³-hybridized carbons (Fsp3) is 0. The number of anilines is 1. The van der Waals surface area contributed by atoms with E-state index in [1.807, 2.05) is 6.07 Å². The molecule has 0 saturated carbocycles. The number of benzene rings is 1. The molecule has 8 heteroatoms. The molecule has 1 N–H and O–H groups in total. The van der Waals surface area contributed by atoms with Crippen LogP contribution in [-0.4, -0.2) is 8.42 Å². The fourth-order valence-electron chi connectivity index (χ4n) is 1.30. The van der Waals surface area contributed by atoms with E-state index >= 15 is 0 Å². The second-order valence-electron chi connectivity index (χ2n) is 3.46. The predicted molar refractivity (Wildman–Crippen MR) is 79.0 cm³/mol. The van der Waals surface area contributed by atoms with Crippen LogP contribution in [0.25, 0.3) is 0 Å². The standard InChI is InChI=1S/C11H6BrClN2O2S2/c12-9-5-8(1-2-10(9)13)19(16,17)15-11-7(6-14)3-4-18-11/h1-5,15H. The minimum Gasteiger partial charge on any atom is -0.269 e. The molecule has 0 aliphatic heterocycles. The van der Waals surface area contributed by atoms with Crippen LogP contribution in [0.1, 0.15) is 5.56 Å². The lowest BCUT2D eigenvalue weighted by molar-refractivity contribution is 0.601. The first-order valence-electron chi connectivity index (χ1n) is 4.89. The summed E-state index contributed by atoms with van der Waals surface area (Å²) in [6.07, 6.45) is 0. The highest BCUT2D eigenvalue weighted by molar-refractivity contribution is 9.10. The predicted octanol–water partition coefficient (Wildman–Crippen LogP) is 3.84. The molecule has 4 nitrogen and oxygen atoms in total. The van der Waals surface area contributed by atoms with Crippen molar-refractivity contribution in [2.24, 2.45) is 0 Å². The Morgan fingerprint density at radius 2 is 2.11 bits per heavy atom. The lowest BCUT2D eigenvalue weighted by Gasteiger charge is -2.07. The Balaban J connectivity index is 2.38. The highest BCUT2D eigenvalue weighted by Gasteiger charge is 2.17. The smallest absolute Gasteiger partial charge is 0.262 e. The minimum absolute atomic E-state index is 0.0704. The summed E-state index contributed by atoms with van der Waals surface area (Å²) in [5, 5.41) is 11.2. The highest BCUT2D eigenvalue weighted by Crippen LogP contribution is 2.29. The van der Waals surface area contributed by atoms with E-state index in [-0.39, 0.29) is 4.90 Å². The lowest BCUT2D eigenvalue weighted by atomic mass is 10.4. The van der Waals surface area contributed by atoms with Gasteiger partial charge in [0.15, 0.2) is 0 Å². The monoisotopic (exact) mass is 376 g/mol.